The Morgan fingerprint density at radius 2 is 2.31 bits per heavy atom. The highest BCUT2D eigenvalue weighted by molar-refractivity contribution is 7.11. The smallest absolute Gasteiger partial charge is 0.140 e. The van der Waals surface area contributed by atoms with Crippen LogP contribution in [0.25, 0.3) is 0 Å². The van der Waals surface area contributed by atoms with Gasteiger partial charge in [-0.3, -0.25) is 0 Å². The summed E-state index contributed by atoms with van der Waals surface area (Å²) in [5.41, 5.74) is 6.16. The summed E-state index contributed by atoms with van der Waals surface area (Å²) in [4.78, 5) is 5.38. The van der Waals surface area contributed by atoms with Crippen LogP contribution in [0.15, 0.2) is 24.4 Å². The van der Waals surface area contributed by atoms with Gasteiger partial charge in [-0.1, -0.05) is 11.6 Å². The highest BCUT2D eigenvalue weighted by atomic mass is 35.5. The second-order valence-corrected chi connectivity index (χ2v) is 5.06. The van der Waals surface area contributed by atoms with E-state index in [0.29, 0.717) is 23.1 Å². The molecule has 2 N–H and O–H groups in total. The van der Waals surface area contributed by atoms with Crippen LogP contribution in [0.3, 0.4) is 0 Å². The molecule has 0 aliphatic heterocycles. The zero-order valence-corrected chi connectivity index (χ0v) is 10.3. The molecule has 0 unspecified atom stereocenters. The van der Waals surface area contributed by atoms with E-state index in [9.17, 15) is 0 Å². The Hall–Kier alpha value is -1.26. The summed E-state index contributed by atoms with van der Waals surface area (Å²) in [5, 5.41) is 1.46. The van der Waals surface area contributed by atoms with E-state index in [4.69, 9.17) is 22.1 Å². The maximum Gasteiger partial charge on any atom is 0.140 e. The minimum absolute atomic E-state index is 0.457. The highest BCUT2D eigenvalue weighted by Crippen LogP contribution is 2.25. The molecule has 1 aromatic carbocycles. The van der Waals surface area contributed by atoms with E-state index in [0.717, 1.165) is 5.01 Å². The van der Waals surface area contributed by atoms with Gasteiger partial charge in [-0.25, -0.2) is 4.98 Å². The highest BCUT2D eigenvalue weighted by Gasteiger charge is 2.02. The normalized spacial score (nSPS) is 10.4. The number of hydrogen-bond acceptors (Lipinski definition) is 4. The minimum Gasteiger partial charge on any atom is -0.486 e. The van der Waals surface area contributed by atoms with Crippen molar-refractivity contribution in [2.45, 2.75) is 13.5 Å². The molecule has 1 aromatic heterocycles. The van der Waals surface area contributed by atoms with Crippen molar-refractivity contribution in [3.05, 3.63) is 39.3 Å². The Morgan fingerprint density at radius 3 is 2.94 bits per heavy atom. The number of aryl methyl sites for hydroxylation is 1. The Kier molecular flexibility index (Phi) is 3.31. The van der Waals surface area contributed by atoms with Gasteiger partial charge in [0.2, 0.25) is 0 Å². The van der Waals surface area contributed by atoms with E-state index >= 15 is 0 Å². The van der Waals surface area contributed by atoms with Gasteiger partial charge >= 0.3 is 0 Å². The second kappa shape index (κ2) is 4.72. The minimum atomic E-state index is 0.457. The lowest BCUT2D eigenvalue weighted by Gasteiger charge is -2.05. The molecule has 0 fully saturated rings. The van der Waals surface area contributed by atoms with Crippen molar-refractivity contribution >= 4 is 28.6 Å². The van der Waals surface area contributed by atoms with E-state index in [-0.39, 0.29) is 0 Å². The van der Waals surface area contributed by atoms with Crippen LogP contribution >= 0.6 is 22.9 Å². The molecule has 2 aromatic rings. The largest absolute Gasteiger partial charge is 0.486 e. The number of halogens is 1. The van der Waals surface area contributed by atoms with Crippen molar-refractivity contribution in [3.63, 3.8) is 0 Å². The maximum absolute atomic E-state index is 5.88. The van der Waals surface area contributed by atoms with Crippen molar-refractivity contribution in [2.75, 3.05) is 5.73 Å². The predicted molar refractivity (Wildman–Crippen MR) is 67.0 cm³/mol. The molecule has 5 heteroatoms. The molecule has 3 nitrogen and oxygen atoms in total. The first kappa shape index (κ1) is 11.2. The third kappa shape index (κ3) is 2.65. The van der Waals surface area contributed by atoms with Gasteiger partial charge in [0.25, 0.3) is 0 Å². The fraction of sp³-hybridized carbons (Fsp3) is 0.182. The van der Waals surface area contributed by atoms with Crippen LogP contribution in [0, 0.1) is 6.92 Å². The molecule has 0 bridgehead atoms. The van der Waals surface area contributed by atoms with E-state index < -0.39 is 0 Å². The summed E-state index contributed by atoms with van der Waals surface area (Å²) in [7, 11) is 0. The topological polar surface area (TPSA) is 48.1 Å². The van der Waals surface area contributed by atoms with E-state index in [2.05, 4.69) is 4.98 Å². The molecule has 0 amide bonds. The molecule has 0 saturated heterocycles. The molecule has 0 atom stereocenters. The van der Waals surface area contributed by atoms with E-state index in [1.54, 1.807) is 29.5 Å². The first-order valence-corrected chi connectivity index (χ1v) is 5.94. The summed E-state index contributed by atoms with van der Waals surface area (Å²) < 4.78 is 5.55. The average Bonchev–Trinajstić information content (AvgIpc) is 2.66. The predicted octanol–water partition coefficient (Wildman–Crippen LogP) is 3.27. The number of anilines is 1. The van der Waals surface area contributed by atoms with Crippen LogP contribution in [0.2, 0.25) is 5.02 Å². The summed E-state index contributed by atoms with van der Waals surface area (Å²) in [6.07, 6.45) is 1.83. The van der Waals surface area contributed by atoms with Gasteiger partial charge in [-0.15, -0.1) is 11.3 Å². The summed E-state index contributed by atoms with van der Waals surface area (Å²) in [6, 6.07) is 5.23. The Labute approximate surface area is 103 Å². The van der Waals surface area contributed by atoms with Crippen molar-refractivity contribution < 1.29 is 4.74 Å². The number of nitrogens with two attached hydrogens (primary N) is 1. The van der Waals surface area contributed by atoms with Crippen molar-refractivity contribution in [1.82, 2.24) is 4.98 Å². The summed E-state index contributed by atoms with van der Waals surface area (Å²) >= 11 is 7.50. The Bertz CT molecular complexity index is 498. The van der Waals surface area contributed by atoms with Crippen LogP contribution in [0.1, 0.15) is 9.88 Å². The van der Waals surface area contributed by atoms with Crippen LogP contribution in [-0.2, 0) is 6.61 Å². The molecule has 0 spiro atoms. The van der Waals surface area contributed by atoms with Crippen LogP contribution in [0.5, 0.6) is 5.75 Å². The van der Waals surface area contributed by atoms with Gasteiger partial charge in [-0.05, 0) is 19.1 Å². The quantitative estimate of drug-likeness (QED) is 0.856. The zero-order chi connectivity index (χ0) is 11.5. The standard InChI is InChI=1S/C11H11ClN2OS/c1-7-5-14-11(16-7)6-15-8-2-3-10(13)9(12)4-8/h2-5H,6,13H2,1H3. The van der Waals surface area contributed by atoms with Gasteiger partial charge in [-0.2, -0.15) is 0 Å². The molecule has 0 aliphatic carbocycles. The van der Waals surface area contributed by atoms with Gasteiger partial charge in [0.15, 0.2) is 0 Å². The molecule has 84 valence electrons. The SMILES string of the molecule is Cc1cnc(COc2ccc(N)c(Cl)c2)s1. The maximum atomic E-state index is 5.88. The Morgan fingerprint density at radius 1 is 1.50 bits per heavy atom. The van der Waals surface area contributed by atoms with Gasteiger partial charge in [0.05, 0.1) is 10.7 Å². The van der Waals surface area contributed by atoms with Gasteiger partial charge < -0.3 is 10.5 Å². The third-order valence-corrected chi connectivity index (χ3v) is 3.22. The lowest BCUT2D eigenvalue weighted by Crippen LogP contribution is -1.95. The molecule has 1 heterocycles. The third-order valence-electron chi connectivity index (χ3n) is 2.00. The molecule has 2 rings (SSSR count). The average molecular weight is 255 g/mol. The molecule has 0 aliphatic rings. The summed E-state index contributed by atoms with van der Waals surface area (Å²) in [6.45, 7) is 2.47. The van der Waals surface area contributed by atoms with E-state index in [1.807, 2.05) is 13.1 Å². The lowest BCUT2D eigenvalue weighted by molar-refractivity contribution is 0.305. The number of thiazole rings is 1. The number of ether oxygens (including phenoxy) is 1. The first-order chi connectivity index (χ1) is 7.65. The fourth-order valence-electron chi connectivity index (χ4n) is 1.21. The number of rotatable bonds is 3. The monoisotopic (exact) mass is 254 g/mol. The first-order valence-electron chi connectivity index (χ1n) is 4.74. The van der Waals surface area contributed by atoms with Gasteiger partial charge in [0.1, 0.15) is 17.4 Å². The molecule has 16 heavy (non-hydrogen) atoms. The number of benzene rings is 1. The van der Waals surface area contributed by atoms with Crippen LogP contribution in [-0.4, -0.2) is 4.98 Å². The van der Waals surface area contributed by atoms with Crippen LogP contribution < -0.4 is 10.5 Å². The second-order valence-electron chi connectivity index (χ2n) is 3.34. The lowest BCUT2D eigenvalue weighted by atomic mass is 10.3. The van der Waals surface area contributed by atoms with Gasteiger partial charge in [0, 0.05) is 17.1 Å². The molecule has 0 radical (unpaired) electrons. The fourth-order valence-corrected chi connectivity index (χ4v) is 2.08. The Balaban J connectivity index is 2.02. The van der Waals surface area contributed by atoms with Crippen molar-refractivity contribution in [2.24, 2.45) is 0 Å². The number of aromatic nitrogens is 1. The van der Waals surface area contributed by atoms with Crippen LogP contribution in [0.4, 0.5) is 5.69 Å². The number of nitrogens with zero attached hydrogens (tertiary/aromatic N) is 1. The van der Waals surface area contributed by atoms with Crippen molar-refractivity contribution in [3.8, 4) is 5.75 Å². The number of hydrogen-bond donors (Lipinski definition) is 1. The van der Waals surface area contributed by atoms with E-state index in [1.165, 1.54) is 4.88 Å². The molecular formula is C11H11ClN2OS. The molecule has 0 saturated carbocycles. The number of nitrogen functional groups attached to an aromatic ring is 1. The zero-order valence-electron chi connectivity index (χ0n) is 8.74. The van der Waals surface area contributed by atoms with Crippen molar-refractivity contribution in [1.29, 1.82) is 0 Å². The molecular weight excluding hydrogens is 244 g/mol. The summed E-state index contributed by atoms with van der Waals surface area (Å²) in [5.74, 6) is 0.701.